The minimum atomic E-state index is 0.143. The molecule has 0 saturated carbocycles. The molecule has 1 aliphatic rings. The molecule has 1 atom stereocenters. The first-order valence-electron chi connectivity index (χ1n) is 9.11. The summed E-state index contributed by atoms with van der Waals surface area (Å²) in [6.07, 6.45) is 7.50. The van der Waals surface area contributed by atoms with E-state index in [-0.39, 0.29) is 6.61 Å². The molecule has 5 nitrogen and oxygen atoms in total. The average molecular weight is 322 g/mol. The molecule has 1 aromatic rings. The minimum absolute atomic E-state index is 0.143. The quantitative estimate of drug-likeness (QED) is 0.838. The highest BCUT2D eigenvalue weighted by atomic mass is 16.3. The van der Waals surface area contributed by atoms with E-state index in [9.17, 15) is 0 Å². The summed E-state index contributed by atoms with van der Waals surface area (Å²) < 4.78 is 2.00. The van der Waals surface area contributed by atoms with E-state index in [1.54, 1.807) is 0 Å². The summed E-state index contributed by atoms with van der Waals surface area (Å²) in [6, 6.07) is 0.471. The number of piperidine rings is 1. The van der Waals surface area contributed by atoms with Crippen molar-refractivity contribution in [1.29, 1.82) is 0 Å². The topological polar surface area (TPSA) is 54.2 Å². The van der Waals surface area contributed by atoms with Crippen LogP contribution in [0, 0.1) is 11.3 Å². The molecule has 1 unspecified atom stereocenters. The van der Waals surface area contributed by atoms with Gasteiger partial charge in [0.1, 0.15) is 0 Å². The molecule has 0 spiro atoms. The van der Waals surface area contributed by atoms with Gasteiger partial charge in [-0.1, -0.05) is 32.9 Å². The molecule has 0 aliphatic carbocycles. The van der Waals surface area contributed by atoms with E-state index in [1.807, 2.05) is 10.9 Å². The summed E-state index contributed by atoms with van der Waals surface area (Å²) >= 11 is 0. The number of aliphatic hydroxyl groups is 1. The Morgan fingerprint density at radius 2 is 2.00 bits per heavy atom. The van der Waals surface area contributed by atoms with Gasteiger partial charge in [0.25, 0.3) is 0 Å². The molecule has 132 valence electrons. The summed E-state index contributed by atoms with van der Waals surface area (Å²) in [5.41, 5.74) is 1.33. The first-order valence-corrected chi connectivity index (χ1v) is 9.11. The molecule has 2 heterocycles. The molecular weight excluding hydrogens is 288 g/mol. The van der Waals surface area contributed by atoms with Gasteiger partial charge in [0.05, 0.1) is 11.7 Å². The molecule has 1 fully saturated rings. The number of likely N-dealkylation sites (tertiary alicyclic amines) is 1. The number of rotatable bonds is 7. The van der Waals surface area contributed by atoms with Crippen molar-refractivity contribution in [3.8, 4) is 0 Å². The van der Waals surface area contributed by atoms with E-state index >= 15 is 0 Å². The Bertz CT molecular complexity index is 458. The zero-order valence-electron chi connectivity index (χ0n) is 15.3. The van der Waals surface area contributed by atoms with Gasteiger partial charge in [-0.3, -0.25) is 0 Å². The molecule has 1 aliphatic heterocycles. The Morgan fingerprint density at radius 1 is 1.30 bits per heavy atom. The van der Waals surface area contributed by atoms with Crippen LogP contribution in [-0.2, 0) is 6.42 Å². The van der Waals surface area contributed by atoms with Crippen molar-refractivity contribution < 1.29 is 5.11 Å². The molecule has 0 amide bonds. The smallest absolute Gasteiger partial charge is 0.0850 e. The van der Waals surface area contributed by atoms with Crippen LogP contribution in [0.3, 0.4) is 0 Å². The van der Waals surface area contributed by atoms with Gasteiger partial charge in [-0.25, -0.2) is 4.68 Å². The highest BCUT2D eigenvalue weighted by Crippen LogP contribution is 2.27. The third kappa shape index (κ3) is 6.22. The van der Waals surface area contributed by atoms with E-state index in [4.69, 9.17) is 5.11 Å². The van der Waals surface area contributed by atoms with Crippen molar-refractivity contribution in [2.24, 2.45) is 11.3 Å². The van der Waals surface area contributed by atoms with Crippen molar-refractivity contribution >= 4 is 0 Å². The Kier molecular flexibility index (Phi) is 6.60. The van der Waals surface area contributed by atoms with Gasteiger partial charge in [-0.05, 0) is 43.6 Å². The van der Waals surface area contributed by atoms with Crippen LogP contribution in [0.4, 0.5) is 0 Å². The highest BCUT2D eigenvalue weighted by molar-refractivity contribution is 4.94. The third-order valence-corrected chi connectivity index (χ3v) is 4.76. The minimum Gasteiger partial charge on any atom is -0.396 e. The second-order valence-corrected chi connectivity index (χ2v) is 8.39. The summed E-state index contributed by atoms with van der Waals surface area (Å²) in [5.74, 6) is 0.795. The maximum atomic E-state index is 8.96. The van der Waals surface area contributed by atoms with Crippen molar-refractivity contribution in [2.75, 3.05) is 26.2 Å². The van der Waals surface area contributed by atoms with E-state index in [2.05, 4.69) is 42.9 Å². The molecule has 2 rings (SSSR count). The summed E-state index contributed by atoms with van der Waals surface area (Å²) in [6.45, 7) is 13.1. The second-order valence-electron chi connectivity index (χ2n) is 8.39. The zero-order valence-corrected chi connectivity index (χ0v) is 15.3. The summed E-state index contributed by atoms with van der Waals surface area (Å²) in [5, 5.41) is 17.3. The average Bonchev–Trinajstić information content (AvgIpc) is 2.93. The fourth-order valence-corrected chi connectivity index (χ4v) is 3.68. The van der Waals surface area contributed by atoms with Crippen molar-refractivity contribution in [2.45, 2.75) is 65.8 Å². The maximum Gasteiger partial charge on any atom is 0.0850 e. The lowest BCUT2D eigenvalue weighted by Gasteiger charge is -2.33. The van der Waals surface area contributed by atoms with Gasteiger partial charge in [-0.15, -0.1) is 5.10 Å². The molecule has 5 heteroatoms. The van der Waals surface area contributed by atoms with Gasteiger partial charge >= 0.3 is 0 Å². The Hall–Kier alpha value is -0.940. The van der Waals surface area contributed by atoms with Gasteiger partial charge in [0, 0.05) is 32.3 Å². The molecule has 1 N–H and O–H groups in total. The second kappa shape index (κ2) is 8.25. The lowest BCUT2D eigenvalue weighted by Crippen LogP contribution is -2.36. The van der Waals surface area contributed by atoms with Crippen LogP contribution in [0.5, 0.6) is 0 Å². The first kappa shape index (κ1) is 18.4. The molecule has 1 aromatic heterocycles. The lowest BCUT2D eigenvalue weighted by molar-refractivity contribution is 0.164. The van der Waals surface area contributed by atoms with Crippen molar-refractivity contribution in [3.63, 3.8) is 0 Å². The fourth-order valence-electron chi connectivity index (χ4n) is 3.68. The normalized spacial score (nSPS) is 19.2. The number of aromatic nitrogens is 3. The van der Waals surface area contributed by atoms with Crippen LogP contribution < -0.4 is 0 Å². The number of hydrogen-bond acceptors (Lipinski definition) is 4. The van der Waals surface area contributed by atoms with Gasteiger partial charge < -0.3 is 10.0 Å². The van der Waals surface area contributed by atoms with E-state index in [0.717, 1.165) is 37.5 Å². The summed E-state index contributed by atoms with van der Waals surface area (Å²) in [7, 11) is 0. The monoisotopic (exact) mass is 322 g/mol. The number of hydrogen-bond donors (Lipinski definition) is 1. The molecular formula is C18H34N4O. The molecule has 0 bridgehead atoms. The third-order valence-electron chi connectivity index (χ3n) is 4.76. The SMILES string of the molecule is CC(CCN1CCC(n2cc(CCO)nn2)CC1)CC(C)(C)C. The van der Waals surface area contributed by atoms with Crippen molar-refractivity contribution in [1.82, 2.24) is 19.9 Å². The van der Waals surface area contributed by atoms with Gasteiger partial charge in [0.2, 0.25) is 0 Å². The van der Waals surface area contributed by atoms with Gasteiger partial charge in [0.15, 0.2) is 0 Å². The predicted molar refractivity (Wildman–Crippen MR) is 93.4 cm³/mol. The molecule has 0 aromatic carbocycles. The Morgan fingerprint density at radius 3 is 2.61 bits per heavy atom. The van der Waals surface area contributed by atoms with E-state index in [1.165, 1.54) is 19.4 Å². The van der Waals surface area contributed by atoms with Crippen molar-refractivity contribution in [3.05, 3.63) is 11.9 Å². The van der Waals surface area contributed by atoms with Crippen LogP contribution in [0.25, 0.3) is 0 Å². The Labute approximate surface area is 141 Å². The zero-order chi connectivity index (χ0) is 16.9. The predicted octanol–water partition coefficient (Wildman–Crippen LogP) is 2.91. The molecule has 23 heavy (non-hydrogen) atoms. The van der Waals surface area contributed by atoms with Gasteiger partial charge in [-0.2, -0.15) is 0 Å². The van der Waals surface area contributed by atoms with Crippen LogP contribution in [0.2, 0.25) is 0 Å². The van der Waals surface area contributed by atoms with E-state index in [0.29, 0.717) is 17.9 Å². The highest BCUT2D eigenvalue weighted by Gasteiger charge is 2.22. The maximum absolute atomic E-state index is 8.96. The molecule has 1 saturated heterocycles. The largest absolute Gasteiger partial charge is 0.396 e. The first-order chi connectivity index (χ1) is 10.9. The van der Waals surface area contributed by atoms with Crippen LogP contribution in [0.1, 0.15) is 65.1 Å². The lowest BCUT2D eigenvalue weighted by atomic mass is 9.84. The van der Waals surface area contributed by atoms with Crippen LogP contribution >= 0.6 is 0 Å². The Balaban J connectivity index is 1.71. The van der Waals surface area contributed by atoms with Crippen LogP contribution in [-0.4, -0.2) is 51.2 Å². The molecule has 0 radical (unpaired) electrons. The fraction of sp³-hybridized carbons (Fsp3) is 0.889. The van der Waals surface area contributed by atoms with Crippen LogP contribution in [0.15, 0.2) is 6.20 Å². The van der Waals surface area contributed by atoms with E-state index < -0.39 is 0 Å². The standard InChI is InChI=1S/C18H34N4O/c1-15(13-18(2,3)4)5-9-21-10-6-17(7-11-21)22-14-16(8-12-23)19-20-22/h14-15,17,23H,5-13H2,1-4H3. The number of aliphatic hydroxyl groups excluding tert-OH is 1. The number of nitrogens with zero attached hydrogens (tertiary/aromatic N) is 4. The summed E-state index contributed by atoms with van der Waals surface area (Å²) in [4.78, 5) is 2.60.